The third-order valence-electron chi connectivity index (χ3n) is 3.79. The van der Waals surface area contributed by atoms with Gasteiger partial charge in [0.25, 0.3) is 0 Å². The average Bonchev–Trinajstić information content (AvgIpc) is 2.85. The summed E-state index contributed by atoms with van der Waals surface area (Å²) >= 11 is 10.9. The molecule has 0 aliphatic carbocycles. The van der Waals surface area contributed by atoms with Crippen molar-refractivity contribution in [2.75, 3.05) is 4.90 Å². The van der Waals surface area contributed by atoms with Crippen molar-refractivity contribution in [3.63, 3.8) is 0 Å². The highest BCUT2D eigenvalue weighted by Crippen LogP contribution is 2.32. The third-order valence-corrected chi connectivity index (χ3v) is 4.12. The van der Waals surface area contributed by atoms with Crippen LogP contribution in [-0.2, 0) is 13.0 Å². The first kappa shape index (κ1) is 15.8. The van der Waals surface area contributed by atoms with E-state index in [1.54, 1.807) is 0 Å². The van der Waals surface area contributed by atoms with Gasteiger partial charge in [-0.1, -0.05) is 41.9 Å². The number of nitrogens with two attached hydrogens (primary N) is 1. The molecule has 2 aromatic carbocycles. The zero-order valence-corrected chi connectivity index (χ0v) is 14.0. The molecule has 0 saturated heterocycles. The summed E-state index contributed by atoms with van der Waals surface area (Å²) in [6, 6.07) is 16.5. The van der Waals surface area contributed by atoms with Crippen LogP contribution in [0.1, 0.15) is 11.1 Å². The smallest absolute Gasteiger partial charge is 0.184 e. The highest BCUT2D eigenvalue weighted by atomic mass is 35.5. The van der Waals surface area contributed by atoms with Crippen molar-refractivity contribution in [2.45, 2.75) is 19.0 Å². The summed E-state index contributed by atoms with van der Waals surface area (Å²) < 4.78 is 0. The fourth-order valence-electron chi connectivity index (χ4n) is 2.83. The van der Waals surface area contributed by atoms with E-state index in [4.69, 9.17) is 29.6 Å². The number of nitrogens with one attached hydrogen (secondary N) is 1. The van der Waals surface area contributed by atoms with E-state index in [-0.39, 0.29) is 11.2 Å². The minimum absolute atomic E-state index is 0.147. The van der Waals surface area contributed by atoms with Crippen LogP contribution in [0, 0.1) is 0 Å². The van der Waals surface area contributed by atoms with Crippen molar-refractivity contribution in [1.29, 1.82) is 0 Å². The Bertz CT molecular complexity index is 747. The lowest BCUT2D eigenvalue weighted by atomic mass is 10.1. The zero-order chi connectivity index (χ0) is 16.2. The first-order valence-corrected chi connectivity index (χ1v) is 8.10. The SMILES string of the molecule is NC(=S)N/N=C/[C@@H]1Cc2ccccc2N1Cc1cccc(Cl)c1. The molecule has 118 valence electrons. The lowest BCUT2D eigenvalue weighted by Gasteiger charge is -2.25. The lowest BCUT2D eigenvalue weighted by Crippen LogP contribution is -2.34. The van der Waals surface area contributed by atoms with E-state index in [0.717, 1.165) is 23.6 Å². The molecule has 1 heterocycles. The minimum Gasteiger partial charge on any atom is -0.375 e. The first-order chi connectivity index (χ1) is 11.1. The number of hydrogen-bond acceptors (Lipinski definition) is 3. The van der Waals surface area contributed by atoms with E-state index in [1.165, 1.54) is 11.3 Å². The largest absolute Gasteiger partial charge is 0.375 e. The summed E-state index contributed by atoms with van der Waals surface area (Å²) in [5, 5.41) is 5.05. The molecule has 1 atom stereocenters. The van der Waals surface area contributed by atoms with Crippen molar-refractivity contribution in [1.82, 2.24) is 5.43 Å². The predicted molar refractivity (Wildman–Crippen MR) is 100.0 cm³/mol. The maximum absolute atomic E-state index is 6.10. The number of rotatable bonds is 4. The molecule has 0 spiro atoms. The van der Waals surface area contributed by atoms with Gasteiger partial charge in [0.05, 0.1) is 6.04 Å². The van der Waals surface area contributed by atoms with Gasteiger partial charge in [-0.2, -0.15) is 5.10 Å². The predicted octanol–water partition coefficient (Wildman–Crippen LogP) is 3.09. The molecule has 1 aliphatic heterocycles. The van der Waals surface area contributed by atoms with Gasteiger partial charge in [-0.05, 0) is 48.0 Å². The summed E-state index contributed by atoms with van der Waals surface area (Å²) in [4.78, 5) is 2.31. The van der Waals surface area contributed by atoms with Crippen LogP contribution in [0.4, 0.5) is 5.69 Å². The van der Waals surface area contributed by atoms with Gasteiger partial charge in [-0.3, -0.25) is 5.43 Å². The number of para-hydroxylation sites is 1. The maximum Gasteiger partial charge on any atom is 0.184 e. The number of anilines is 1. The van der Waals surface area contributed by atoms with Gasteiger partial charge < -0.3 is 10.6 Å². The van der Waals surface area contributed by atoms with Crippen molar-refractivity contribution < 1.29 is 0 Å². The van der Waals surface area contributed by atoms with Gasteiger partial charge in [0.1, 0.15) is 0 Å². The molecule has 6 heteroatoms. The Kier molecular flexibility index (Phi) is 4.79. The van der Waals surface area contributed by atoms with Crippen LogP contribution in [-0.4, -0.2) is 17.4 Å². The number of hydrazone groups is 1. The summed E-state index contributed by atoms with van der Waals surface area (Å²) in [5.41, 5.74) is 11.7. The van der Waals surface area contributed by atoms with E-state index in [2.05, 4.69) is 45.8 Å². The Hall–Kier alpha value is -2.11. The molecule has 0 bridgehead atoms. The molecular weight excluding hydrogens is 328 g/mol. The number of hydrogen-bond donors (Lipinski definition) is 2. The molecule has 4 nitrogen and oxygen atoms in total. The second-order valence-corrected chi connectivity index (χ2v) is 6.29. The highest BCUT2D eigenvalue weighted by Gasteiger charge is 2.27. The van der Waals surface area contributed by atoms with Crippen molar-refractivity contribution in [2.24, 2.45) is 10.8 Å². The average molecular weight is 345 g/mol. The highest BCUT2D eigenvalue weighted by molar-refractivity contribution is 7.80. The van der Waals surface area contributed by atoms with Gasteiger partial charge in [0, 0.05) is 23.5 Å². The Morgan fingerprint density at radius 1 is 1.35 bits per heavy atom. The summed E-state index contributed by atoms with van der Waals surface area (Å²) in [5.74, 6) is 0. The van der Waals surface area contributed by atoms with Crippen LogP contribution < -0.4 is 16.1 Å². The maximum atomic E-state index is 6.10. The topological polar surface area (TPSA) is 53.6 Å². The van der Waals surface area contributed by atoms with Gasteiger partial charge in [-0.25, -0.2) is 0 Å². The van der Waals surface area contributed by atoms with Crippen LogP contribution in [0.3, 0.4) is 0 Å². The van der Waals surface area contributed by atoms with Crippen LogP contribution >= 0.6 is 23.8 Å². The zero-order valence-electron chi connectivity index (χ0n) is 12.4. The van der Waals surface area contributed by atoms with Crippen molar-refractivity contribution in [3.8, 4) is 0 Å². The molecule has 0 unspecified atom stereocenters. The molecule has 0 aromatic heterocycles. The summed E-state index contributed by atoms with van der Waals surface area (Å²) in [6.07, 6.45) is 2.75. The van der Waals surface area contributed by atoms with E-state index < -0.39 is 0 Å². The molecule has 0 fully saturated rings. The monoisotopic (exact) mass is 344 g/mol. The fraction of sp³-hybridized carbons (Fsp3) is 0.176. The third kappa shape index (κ3) is 3.81. The number of fused-ring (bicyclic) bond motifs is 1. The molecule has 23 heavy (non-hydrogen) atoms. The second-order valence-electron chi connectivity index (χ2n) is 5.41. The first-order valence-electron chi connectivity index (χ1n) is 7.31. The molecular formula is C17H17ClN4S. The van der Waals surface area contributed by atoms with E-state index in [0.29, 0.717) is 0 Å². The quantitative estimate of drug-likeness (QED) is 0.508. The van der Waals surface area contributed by atoms with E-state index in [1.807, 2.05) is 24.4 Å². The van der Waals surface area contributed by atoms with Crippen molar-refractivity contribution >= 4 is 40.8 Å². The Morgan fingerprint density at radius 3 is 2.96 bits per heavy atom. The Morgan fingerprint density at radius 2 is 2.17 bits per heavy atom. The molecule has 1 aliphatic rings. The summed E-state index contributed by atoms with van der Waals surface area (Å²) in [7, 11) is 0. The second kappa shape index (κ2) is 6.98. The van der Waals surface area contributed by atoms with Crippen LogP contribution in [0.25, 0.3) is 0 Å². The fourth-order valence-corrected chi connectivity index (χ4v) is 3.10. The molecule has 0 saturated carbocycles. The van der Waals surface area contributed by atoms with Gasteiger partial charge in [0.2, 0.25) is 0 Å². The molecule has 0 radical (unpaired) electrons. The van der Waals surface area contributed by atoms with Crippen molar-refractivity contribution in [3.05, 3.63) is 64.7 Å². The molecule has 3 N–H and O–H groups in total. The Labute approximate surface area is 145 Å². The molecule has 2 aromatic rings. The lowest BCUT2D eigenvalue weighted by molar-refractivity contribution is 0.760. The number of halogens is 1. The number of thiocarbonyl (C=S) groups is 1. The minimum atomic E-state index is 0.147. The van der Waals surface area contributed by atoms with Crippen LogP contribution in [0.5, 0.6) is 0 Å². The standard InChI is InChI=1S/C17H17ClN4S/c18-14-6-3-4-12(8-14)11-22-15(10-20-21-17(19)23)9-13-5-1-2-7-16(13)22/h1-8,10,15H,9,11H2,(H3,19,21,23)/b20-10+/t15-/m0/s1. The Balaban J connectivity index is 1.85. The van der Waals surface area contributed by atoms with Crippen LogP contribution in [0.15, 0.2) is 53.6 Å². The van der Waals surface area contributed by atoms with Gasteiger partial charge >= 0.3 is 0 Å². The van der Waals surface area contributed by atoms with Gasteiger partial charge in [0.15, 0.2) is 5.11 Å². The van der Waals surface area contributed by atoms with Gasteiger partial charge in [-0.15, -0.1) is 0 Å². The molecule has 0 amide bonds. The number of benzene rings is 2. The normalized spacial score (nSPS) is 16.6. The van der Waals surface area contributed by atoms with E-state index in [9.17, 15) is 0 Å². The molecule has 3 rings (SSSR count). The van der Waals surface area contributed by atoms with E-state index >= 15 is 0 Å². The number of nitrogens with zero attached hydrogens (tertiary/aromatic N) is 2. The van der Waals surface area contributed by atoms with Crippen LogP contribution in [0.2, 0.25) is 5.02 Å². The summed E-state index contributed by atoms with van der Waals surface area (Å²) in [6.45, 7) is 0.765.